The summed E-state index contributed by atoms with van der Waals surface area (Å²) in [6.45, 7) is 0. The van der Waals surface area contributed by atoms with E-state index in [4.69, 9.17) is 4.98 Å². The lowest BCUT2D eigenvalue weighted by Crippen LogP contribution is -1.97. The van der Waals surface area contributed by atoms with Crippen LogP contribution in [0.1, 0.15) is 0 Å². The summed E-state index contributed by atoms with van der Waals surface area (Å²) in [5.74, 6) is 0.926. The van der Waals surface area contributed by atoms with Gasteiger partial charge in [-0.2, -0.15) is 0 Å². The Hall–Kier alpha value is -7.55. The molecule has 0 unspecified atom stereocenters. The number of imidazole rings is 1. The molecule has 12 rings (SSSR count). The summed E-state index contributed by atoms with van der Waals surface area (Å²) in [6, 6.07) is 75.1. The topological polar surface area (TPSA) is 17.8 Å². The predicted octanol–water partition coefficient (Wildman–Crippen LogP) is 14.9. The lowest BCUT2D eigenvalue weighted by atomic mass is 9.92. The average molecular weight is 723 g/mol. The fraction of sp³-hybridized carbons (Fsp3) is 0. The van der Waals surface area contributed by atoms with Gasteiger partial charge in [-0.3, -0.25) is 4.57 Å². The minimum absolute atomic E-state index is 0.926. The molecule has 1 aromatic heterocycles. The van der Waals surface area contributed by atoms with Crippen LogP contribution in [0.4, 0.5) is 0 Å². The molecule has 0 bridgehead atoms. The van der Waals surface area contributed by atoms with E-state index in [9.17, 15) is 0 Å². The van der Waals surface area contributed by atoms with Crippen LogP contribution in [0.2, 0.25) is 0 Å². The Labute approximate surface area is 329 Å². The molecule has 2 heteroatoms. The maximum atomic E-state index is 5.33. The molecule has 0 radical (unpaired) electrons. The van der Waals surface area contributed by atoms with E-state index < -0.39 is 0 Å². The van der Waals surface area contributed by atoms with Gasteiger partial charge in [0.05, 0.1) is 11.0 Å². The second kappa shape index (κ2) is 12.5. The largest absolute Gasteiger partial charge is 0.292 e. The zero-order valence-electron chi connectivity index (χ0n) is 31.0. The number of rotatable bonds is 4. The first kappa shape index (κ1) is 31.8. The molecule has 0 spiro atoms. The van der Waals surface area contributed by atoms with E-state index >= 15 is 0 Å². The minimum atomic E-state index is 0.926. The van der Waals surface area contributed by atoms with Crippen molar-refractivity contribution in [3.8, 4) is 39.3 Å². The SMILES string of the molecule is c1ccc(-c2nc3cc(-c4ccc5c6ccccc6c6ccccc6c5c4)ccc3n2-c2ccc(-c3ccc4c5ccccc5c5ccccc5c4c3)cc2)cc1. The van der Waals surface area contributed by atoms with Crippen molar-refractivity contribution in [3.05, 3.63) is 206 Å². The molecule has 0 aliphatic carbocycles. The molecule has 0 N–H and O–H groups in total. The Morgan fingerprint density at radius 3 is 1.12 bits per heavy atom. The molecule has 0 amide bonds. The van der Waals surface area contributed by atoms with Gasteiger partial charge in [-0.05, 0) is 123 Å². The summed E-state index contributed by atoms with van der Waals surface area (Å²) in [5.41, 5.74) is 8.92. The Bertz CT molecular complexity index is 3490. The highest BCUT2D eigenvalue weighted by Gasteiger charge is 2.17. The molecule has 1 heterocycles. The monoisotopic (exact) mass is 722 g/mol. The van der Waals surface area contributed by atoms with E-state index in [1.165, 1.54) is 81.3 Å². The van der Waals surface area contributed by atoms with Gasteiger partial charge in [-0.1, -0.05) is 170 Å². The molecule has 0 saturated carbocycles. The Morgan fingerprint density at radius 2 is 0.632 bits per heavy atom. The van der Waals surface area contributed by atoms with E-state index in [-0.39, 0.29) is 0 Å². The number of nitrogens with zero attached hydrogens (tertiary/aromatic N) is 2. The van der Waals surface area contributed by atoms with Crippen molar-refractivity contribution in [1.82, 2.24) is 9.55 Å². The van der Waals surface area contributed by atoms with Crippen molar-refractivity contribution < 1.29 is 0 Å². The van der Waals surface area contributed by atoms with Gasteiger partial charge in [0.1, 0.15) is 5.82 Å². The van der Waals surface area contributed by atoms with Gasteiger partial charge in [-0.25, -0.2) is 4.98 Å². The molecule has 0 saturated heterocycles. The summed E-state index contributed by atoms with van der Waals surface area (Å²) in [4.78, 5) is 5.33. The summed E-state index contributed by atoms with van der Waals surface area (Å²) in [6.07, 6.45) is 0. The predicted molar refractivity (Wildman–Crippen MR) is 242 cm³/mol. The van der Waals surface area contributed by atoms with Crippen LogP contribution < -0.4 is 0 Å². The third-order valence-corrected chi connectivity index (χ3v) is 12.0. The van der Waals surface area contributed by atoms with Crippen molar-refractivity contribution >= 4 is 75.7 Å². The maximum Gasteiger partial charge on any atom is 0.145 e. The zero-order valence-corrected chi connectivity index (χ0v) is 31.0. The number of hydrogen-bond donors (Lipinski definition) is 0. The highest BCUT2D eigenvalue weighted by molar-refractivity contribution is 6.27. The molecule has 0 aliphatic heterocycles. The average Bonchev–Trinajstić information content (AvgIpc) is 3.68. The second-order valence-corrected chi connectivity index (χ2v) is 15.1. The first-order valence-corrected chi connectivity index (χ1v) is 19.6. The number of aromatic nitrogens is 2. The Morgan fingerprint density at radius 1 is 0.263 bits per heavy atom. The third kappa shape index (κ3) is 4.94. The molecule has 2 nitrogen and oxygen atoms in total. The normalized spacial score (nSPS) is 11.9. The Kier molecular flexibility index (Phi) is 6.96. The van der Waals surface area contributed by atoms with Gasteiger partial charge in [0, 0.05) is 11.3 Å². The summed E-state index contributed by atoms with van der Waals surface area (Å²) >= 11 is 0. The van der Waals surface area contributed by atoms with Crippen LogP contribution in [0, 0.1) is 0 Å². The van der Waals surface area contributed by atoms with Crippen molar-refractivity contribution in [2.75, 3.05) is 0 Å². The number of fused-ring (bicyclic) bond motifs is 13. The summed E-state index contributed by atoms with van der Waals surface area (Å²) in [5, 5.41) is 15.4. The third-order valence-electron chi connectivity index (χ3n) is 12.0. The van der Waals surface area contributed by atoms with Crippen LogP contribution in [0.3, 0.4) is 0 Å². The van der Waals surface area contributed by atoms with Gasteiger partial charge in [0.15, 0.2) is 0 Å². The maximum absolute atomic E-state index is 5.33. The van der Waals surface area contributed by atoms with Gasteiger partial charge >= 0.3 is 0 Å². The lowest BCUT2D eigenvalue weighted by Gasteiger charge is -2.13. The zero-order chi connectivity index (χ0) is 37.5. The molecule has 11 aromatic carbocycles. The second-order valence-electron chi connectivity index (χ2n) is 15.1. The summed E-state index contributed by atoms with van der Waals surface area (Å²) in [7, 11) is 0. The van der Waals surface area contributed by atoms with Crippen LogP contribution in [0.25, 0.3) is 115 Å². The van der Waals surface area contributed by atoms with Crippen LogP contribution in [-0.4, -0.2) is 9.55 Å². The van der Waals surface area contributed by atoms with Crippen molar-refractivity contribution in [2.24, 2.45) is 0 Å². The standard InChI is InChI=1S/C55H34N2/c1-2-12-36(13-3-1)55-56-53-34-39(38-25-30-50-46-19-7-5-15-42(46)44-17-9-11-21-48(44)52(50)33-38)26-31-54(53)57(55)40-27-22-35(23-28-40)37-24-29-49-45-18-6-4-14-41(45)43-16-8-10-20-47(43)51(49)32-37/h1-34H. The molecule has 0 atom stereocenters. The highest BCUT2D eigenvalue weighted by Crippen LogP contribution is 2.40. The molecular formula is C55H34N2. The van der Waals surface area contributed by atoms with Crippen LogP contribution in [0.15, 0.2) is 206 Å². The van der Waals surface area contributed by atoms with Crippen LogP contribution >= 0.6 is 0 Å². The quantitative estimate of drug-likeness (QED) is 0.165. The van der Waals surface area contributed by atoms with Crippen LogP contribution in [-0.2, 0) is 0 Å². The van der Waals surface area contributed by atoms with E-state index in [2.05, 4.69) is 211 Å². The van der Waals surface area contributed by atoms with Crippen molar-refractivity contribution in [2.45, 2.75) is 0 Å². The van der Waals surface area contributed by atoms with E-state index in [1.807, 2.05) is 0 Å². The fourth-order valence-electron chi connectivity index (χ4n) is 9.28. The molecule has 0 aliphatic rings. The minimum Gasteiger partial charge on any atom is -0.292 e. The first-order valence-electron chi connectivity index (χ1n) is 19.6. The van der Waals surface area contributed by atoms with E-state index in [1.54, 1.807) is 0 Å². The van der Waals surface area contributed by atoms with Crippen molar-refractivity contribution in [1.29, 1.82) is 0 Å². The molecule has 0 fully saturated rings. The number of hydrogen-bond acceptors (Lipinski definition) is 1. The molecule has 12 aromatic rings. The van der Waals surface area contributed by atoms with Crippen molar-refractivity contribution in [3.63, 3.8) is 0 Å². The number of benzene rings is 11. The molecule has 264 valence electrons. The summed E-state index contributed by atoms with van der Waals surface area (Å²) < 4.78 is 2.30. The smallest absolute Gasteiger partial charge is 0.145 e. The fourth-order valence-corrected chi connectivity index (χ4v) is 9.28. The Balaban J connectivity index is 0.981. The van der Waals surface area contributed by atoms with Gasteiger partial charge in [0.25, 0.3) is 0 Å². The van der Waals surface area contributed by atoms with E-state index in [0.717, 1.165) is 33.7 Å². The van der Waals surface area contributed by atoms with E-state index in [0.29, 0.717) is 0 Å². The highest BCUT2D eigenvalue weighted by atomic mass is 15.1. The van der Waals surface area contributed by atoms with Gasteiger partial charge < -0.3 is 0 Å². The first-order chi connectivity index (χ1) is 28.3. The van der Waals surface area contributed by atoms with Crippen LogP contribution in [0.5, 0.6) is 0 Å². The molecule has 57 heavy (non-hydrogen) atoms. The van der Waals surface area contributed by atoms with Gasteiger partial charge in [0.2, 0.25) is 0 Å². The lowest BCUT2D eigenvalue weighted by molar-refractivity contribution is 1.10. The molecular weight excluding hydrogens is 689 g/mol. The van der Waals surface area contributed by atoms with Gasteiger partial charge in [-0.15, -0.1) is 0 Å².